The lowest BCUT2D eigenvalue weighted by Gasteiger charge is -2.20. The highest BCUT2D eigenvalue weighted by molar-refractivity contribution is 5.72. The molecule has 0 spiro atoms. The van der Waals surface area contributed by atoms with E-state index in [1.807, 2.05) is 6.92 Å². The van der Waals surface area contributed by atoms with E-state index in [9.17, 15) is 4.79 Å². The van der Waals surface area contributed by atoms with Crippen molar-refractivity contribution in [3.63, 3.8) is 0 Å². The molecule has 1 heterocycles. The van der Waals surface area contributed by atoms with Crippen LogP contribution < -0.4 is 0 Å². The van der Waals surface area contributed by atoms with Gasteiger partial charge in [0.05, 0.1) is 6.54 Å². The Kier molecular flexibility index (Phi) is 4.36. The molecule has 1 N–H and O–H groups in total. The largest absolute Gasteiger partial charge is 0.480 e. The van der Waals surface area contributed by atoms with Crippen LogP contribution in [0.15, 0.2) is 0 Å². The molecule has 1 rings (SSSR count). The zero-order chi connectivity index (χ0) is 12.1. The third-order valence-corrected chi connectivity index (χ3v) is 2.45. The Hall–Kier alpha value is -1.50. The van der Waals surface area contributed by atoms with Crippen LogP contribution >= 0.6 is 0 Å². The van der Waals surface area contributed by atoms with Crippen LogP contribution in [0.3, 0.4) is 0 Å². The summed E-state index contributed by atoms with van der Waals surface area (Å²) in [7, 11) is 1.74. The van der Waals surface area contributed by atoms with Crippen molar-refractivity contribution in [3.05, 3.63) is 5.82 Å². The molecule has 0 aliphatic heterocycles. The van der Waals surface area contributed by atoms with Crippen molar-refractivity contribution in [2.24, 2.45) is 0 Å². The second kappa shape index (κ2) is 5.55. The van der Waals surface area contributed by atoms with Crippen molar-refractivity contribution < 1.29 is 9.90 Å². The molecule has 1 atom stereocenters. The Morgan fingerprint density at radius 2 is 2.31 bits per heavy atom. The SMILES string of the molecule is CCCn1nnnc1CN(C)C(C)C(=O)O. The highest BCUT2D eigenvalue weighted by Gasteiger charge is 2.19. The number of carboxylic acid groups (broad SMARTS) is 1. The second-order valence-corrected chi connectivity index (χ2v) is 3.75. The van der Waals surface area contributed by atoms with Gasteiger partial charge in [-0.25, -0.2) is 4.68 Å². The molecule has 0 saturated carbocycles. The van der Waals surface area contributed by atoms with Crippen LogP contribution in [0.2, 0.25) is 0 Å². The molecule has 0 radical (unpaired) electrons. The van der Waals surface area contributed by atoms with E-state index >= 15 is 0 Å². The van der Waals surface area contributed by atoms with Gasteiger partial charge in [0.25, 0.3) is 0 Å². The Labute approximate surface area is 94.0 Å². The van der Waals surface area contributed by atoms with Crippen LogP contribution in [0.5, 0.6) is 0 Å². The van der Waals surface area contributed by atoms with Gasteiger partial charge in [0.2, 0.25) is 0 Å². The van der Waals surface area contributed by atoms with Gasteiger partial charge >= 0.3 is 5.97 Å². The molecule has 0 aliphatic carbocycles. The first-order chi connectivity index (χ1) is 7.56. The first kappa shape index (κ1) is 12.6. The Balaban J connectivity index is 2.65. The topological polar surface area (TPSA) is 84.1 Å². The molecule has 0 amide bonds. The molecule has 1 unspecified atom stereocenters. The summed E-state index contributed by atoms with van der Waals surface area (Å²) in [5, 5.41) is 20.2. The Morgan fingerprint density at radius 3 is 2.88 bits per heavy atom. The van der Waals surface area contributed by atoms with Crippen LogP contribution in [0, 0.1) is 0 Å². The minimum atomic E-state index is -0.850. The Morgan fingerprint density at radius 1 is 1.62 bits per heavy atom. The van der Waals surface area contributed by atoms with Crippen molar-refractivity contribution in [1.29, 1.82) is 0 Å². The molecule has 7 heteroatoms. The normalized spacial score (nSPS) is 13.0. The van der Waals surface area contributed by atoms with Gasteiger partial charge in [-0.1, -0.05) is 6.92 Å². The van der Waals surface area contributed by atoms with Gasteiger partial charge in [-0.3, -0.25) is 9.69 Å². The summed E-state index contributed by atoms with van der Waals surface area (Å²) in [6, 6.07) is -0.549. The number of rotatable bonds is 6. The van der Waals surface area contributed by atoms with E-state index in [4.69, 9.17) is 5.11 Å². The number of nitrogens with zero attached hydrogens (tertiary/aromatic N) is 5. The van der Waals surface area contributed by atoms with E-state index in [0.717, 1.165) is 13.0 Å². The number of carbonyl (C=O) groups is 1. The summed E-state index contributed by atoms with van der Waals surface area (Å²) in [6.07, 6.45) is 0.941. The van der Waals surface area contributed by atoms with Crippen molar-refractivity contribution in [2.75, 3.05) is 7.05 Å². The Bertz CT molecular complexity index is 351. The van der Waals surface area contributed by atoms with Gasteiger partial charge < -0.3 is 5.11 Å². The number of carboxylic acids is 1. The highest BCUT2D eigenvalue weighted by atomic mass is 16.4. The van der Waals surface area contributed by atoms with Crippen molar-refractivity contribution in [3.8, 4) is 0 Å². The number of aryl methyl sites for hydroxylation is 1. The lowest BCUT2D eigenvalue weighted by atomic mass is 10.3. The highest BCUT2D eigenvalue weighted by Crippen LogP contribution is 2.03. The molecule has 7 nitrogen and oxygen atoms in total. The molecule has 1 aromatic heterocycles. The van der Waals surface area contributed by atoms with Crippen molar-refractivity contribution >= 4 is 5.97 Å². The van der Waals surface area contributed by atoms with Crippen LogP contribution in [-0.2, 0) is 17.9 Å². The van der Waals surface area contributed by atoms with E-state index in [1.54, 1.807) is 23.6 Å². The maximum Gasteiger partial charge on any atom is 0.320 e. The van der Waals surface area contributed by atoms with E-state index in [0.29, 0.717) is 12.4 Å². The maximum absolute atomic E-state index is 10.8. The monoisotopic (exact) mass is 227 g/mol. The number of tetrazole rings is 1. The summed E-state index contributed by atoms with van der Waals surface area (Å²) in [5.41, 5.74) is 0. The van der Waals surface area contributed by atoms with Crippen molar-refractivity contribution in [2.45, 2.75) is 39.4 Å². The lowest BCUT2D eigenvalue weighted by Crippen LogP contribution is -2.36. The summed E-state index contributed by atoms with van der Waals surface area (Å²) >= 11 is 0. The van der Waals surface area contributed by atoms with Gasteiger partial charge in [-0.15, -0.1) is 5.10 Å². The number of hydrogen-bond acceptors (Lipinski definition) is 5. The second-order valence-electron chi connectivity index (χ2n) is 3.75. The zero-order valence-electron chi connectivity index (χ0n) is 9.79. The van der Waals surface area contributed by atoms with Gasteiger partial charge in [0, 0.05) is 6.54 Å². The van der Waals surface area contributed by atoms with E-state index in [2.05, 4.69) is 15.5 Å². The molecule has 1 aromatic rings. The minimum absolute atomic E-state index is 0.431. The fraction of sp³-hybridized carbons (Fsp3) is 0.778. The van der Waals surface area contributed by atoms with Crippen LogP contribution in [0.1, 0.15) is 26.1 Å². The molecule has 0 bridgehead atoms. The van der Waals surface area contributed by atoms with E-state index < -0.39 is 12.0 Å². The predicted molar refractivity (Wildman–Crippen MR) is 56.7 cm³/mol. The smallest absolute Gasteiger partial charge is 0.320 e. The fourth-order valence-corrected chi connectivity index (χ4v) is 1.27. The minimum Gasteiger partial charge on any atom is -0.480 e. The summed E-state index contributed by atoms with van der Waals surface area (Å²) in [6.45, 7) is 4.85. The fourth-order valence-electron chi connectivity index (χ4n) is 1.27. The molecular weight excluding hydrogens is 210 g/mol. The average Bonchev–Trinajstić information content (AvgIpc) is 2.65. The molecular formula is C9H17N5O2. The molecule has 0 aliphatic rings. The zero-order valence-corrected chi connectivity index (χ0v) is 9.79. The number of likely N-dealkylation sites (N-methyl/N-ethyl adjacent to an activating group) is 1. The first-order valence-electron chi connectivity index (χ1n) is 5.24. The van der Waals surface area contributed by atoms with Crippen LogP contribution in [0.25, 0.3) is 0 Å². The average molecular weight is 227 g/mol. The quantitative estimate of drug-likeness (QED) is 0.735. The summed E-state index contributed by atoms with van der Waals surface area (Å²) in [4.78, 5) is 12.5. The first-order valence-corrected chi connectivity index (χ1v) is 5.24. The lowest BCUT2D eigenvalue weighted by molar-refractivity contribution is -0.142. The van der Waals surface area contributed by atoms with Crippen molar-refractivity contribution in [1.82, 2.24) is 25.1 Å². The van der Waals surface area contributed by atoms with Gasteiger partial charge in [-0.2, -0.15) is 0 Å². The van der Waals surface area contributed by atoms with E-state index in [-0.39, 0.29) is 0 Å². The van der Waals surface area contributed by atoms with Gasteiger partial charge in [-0.05, 0) is 30.8 Å². The number of aromatic nitrogens is 4. The van der Waals surface area contributed by atoms with Gasteiger partial charge in [0.15, 0.2) is 5.82 Å². The molecule has 0 fully saturated rings. The standard InChI is InChI=1S/C9H17N5O2/c1-4-5-14-8(10-11-12-14)6-13(3)7(2)9(15)16/h7H,4-6H2,1-3H3,(H,15,16). The van der Waals surface area contributed by atoms with Gasteiger partial charge in [0.1, 0.15) is 6.04 Å². The summed E-state index contributed by atoms with van der Waals surface area (Å²) in [5.74, 6) is -0.158. The number of hydrogen-bond donors (Lipinski definition) is 1. The molecule has 0 saturated heterocycles. The van der Waals surface area contributed by atoms with Crippen LogP contribution in [0.4, 0.5) is 0 Å². The van der Waals surface area contributed by atoms with Crippen LogP contribution in [-0.4, -0.2) is 49.3 Å². The molecule has 90 valence electrons. The maximum atomic E-state index is 10.8. The molecule has 16 heavy (non-hydrogen) atoms. The predicted octanol–water partition coefficient (Wildman–Crippen LogP) is -0.0120. The van der Waals surface area contributed by atoms with E-state index in [1.165, 1.54) is 0 Å². The molecule has 0 aromatic carbocycles. The number of aliphatic carboxylic acids is 1. The third kappa shape index (κ3) is 2.99. The third-order valence-electron chi connectivity index (χ3n) is 2.45. The summed E-state index contributed by atoms with van der Waals surface area (Å²) < 4.78 is 1.70.